The quantitative estimate of drug-likeness (QED) is 0.833. The van der Waals surface area contributed by atoms with Crippen LogP contribution in [0.1, 0.15) is 30.1 Å². The average molecular weight is 276 g/mol. The van der Waals surface area contributed by atoms with Gasteiger partial charge in [0.1, 0.15) is 5.82 Å². The summed E-state index contributed by atoms with van der Waals surface area (Å²) >= 11 is 0. The van der Waals surface area contributed by atoms with Crippen molar-refractivity contribution in [3.05, 3.63) is 29.6 Å². The second-order valence-electron chi connectivity index (χ2n) is 5.69. The lowest BCUT2D eigenvalue weighted by Crippen LogP contribution is -2.37. The van der Waals surface area contributed by atoms with E-state index in [2.05, 4.69) is 5.32 Å². The first kappa shape index (κ1) is 13.2. The summed E-state index contributed by atoms with van der Waals surface area (Å²) in [4.78, 5) is 25.2. The van der Waals surface area contributed by atoms with Crippen molar-refractivity contribution < 1.29 is 14.0 Å². The Balaban J connectivity index is 1.74. The van der Waals surface area contributed by atoms with Gasteiger partial charge in [0.15, 0.2) is 0 Å². The Morgan fingerprint density at radius 2 is 2.15 bits per heavy atom. The molecule has 0 radical (unpaired) electrons. The molecule has 1 unspecified atom stereocenters. The molecule has 1 heterocycles. The molecule has 1 aliphatic carbocycles. The zero-order valence-electron chi connectivity index (χ0n) is 11.4. The lowest BCUT2D eigenvalue weighted by Gasteiger charge is -2.21. The van der Waals surface area contributed by atoms with Crippen LogP contribution in [-0.4, -0.2) is 30.8 Å². The SMILES string of the molecule is CC(CNC1CC1)CN1C(=O)C(=O)c2ccc(F)cc21. The van der Waals surface area contributed by atoms with E-state index in [9.17, 15) is 14.0 Å². The molecule has 1 saturated carbocycles. The Kier molecular flexibility index (Phi) is 3.30. The highest BCUT2D eigenvalue weighted by Crippen LogP contribution is 2.30. The zero-order valence-corrected chi connectivity index (χ0v) is 11.4. The maximum absolute atomic E-state index is 13.3. The van der Waals surface area contributed by atoms with Crippen molar-refractivity contribution in [1.82, 2.24) is 5.32 Å². The molecule has 1 atom stereocenters. The van der Waals surface area contributed by atoms with Crippen LogP contribution in [-0.2, 0) is 4.79 Å². The molecule has 1 aromatic rings. The first-order valence-electron chi connectivity index (χ1n) is 6.95. The average Bonchev–Trinajstić information content (AvgIpc) is 3.21. The number of rotatable bonds is 5. The Labute approximate surface area is 117 Å². The number of Topliss-reactive ketones (excluding diaryl/α,β-unsaturated/α-hetero) is 1. The van der Waals surface area contributed by atoms with E-state index in [-0.39, 0.29) is 5.92 Å². The molecule has 3 rings (SSSR count). The van der Waals surface area contributed by atoms with Crippen molar-refractivity contribution >= 4 is 17.4 Å². The van der Waals surface area contributed by atoms with Gasteiger partial charge in [0.25, 0.3) is 11.7 Å². The second-order valence-corrected chi connectivity index (χ2v) is 5.69. The van der Waals surface area contributed by atoms with Crippen molar-refractivity contribution in [3.8, 4) is 0 Å². The molecule has 20 heavy (non-hydrogen) atoms. The summed E-state index contributed by atoms with van der Waals surface area (Å²) in [5.74, 6) is -1.31. The van der Waals surface area contributed by atoms with Crippen LogP contribution in [0.2, 0.25) is 0 Å². The normalized spacial score (nSPS) is 19.4. The van der Waals surface area contributed by atoms with E-state index in [0.717, 1.165) is 6.54 Å². The van der Waals surface area contributed by atoms with Gasteiger partial charge in [-0.25, -0.2) is 4.39 Å². The third kappa shape index (κ3) is 2.45. The van der Waals surface area contributed by atoms with E-state index >= 15 is 0 Å². The van der Waals surface area contributed by atoms with Crippen LogP contribution in [0.15, 0.2) is 18.2 Å². The fourth-order valence-corrected chi connectivity index (χ4v) is 2.48. The summed E-state index contributed by atoms with van der Waals surface area (Å²) in [7, 11) is 0. The van der Waals surface area contributed by atoms with Crippen LogP contribution < -0.4 is 10.2 Å². The number of hydrogen-bond donors (Lipinski definition) is 1. The first-order chi connectivity index (χ1) is 9.56. The Bertz CT molecular complexity index is 569. The van der Waals surface area contributed by atoms with Crippen LogP contribution in [0, 0.1) is 11.7 Å². The summed E-state index contributed by atoms with van der Waals surface area (Å²) in [6, 6.07) is 4.47. The van der Waals surface area contributed by atoms with Crippen molar-refractivity contribution in [3.63, 3.8) is 0 Å². The minimum Gasteiger partial charge on any atom is -0.314 e. The maximum atomic E-state index is 13.3. The summed E-state index contributed by atoms with van der Waals surface area (Å²) in [5.41, 5.74) is 0.706. The van der Waals surface area contributed by atoms with Crippen molar-refractivity contribution in [2.45, 2.75) is 25.8 Å². The van der Waals surface area contributed by atoms with Gasteiger partial charge in [-0.3, -0.25) is 9.59 Å². The van der Waals surface area contributed by atoms with E-state index in [1.165, 1.54) is 35.9 Å². The molecule has 5 heteroatoms. The number of halogens is 1. The van der Waals surface area contributed by atoms with Gasteiger partial charge in [-0.1, -0.05) is 6.92 Å². The summed E-state index contributed by atoms with van der Waals surface area (Å²) in [5, 5.41) is 3.39. The summed E-state index contributed by atoms with van der Waals surface area (Å²) in [6.07, 6.45) is 2.42. The van der Waals surface area contributed by atoms with Crippen molar-refractivity contribution in [1.29, 1.82) is 0 Å². The number of nitrogens with zero attached hydrogens (tertiary/aromatic N) is 1. The minimum absolute atomic E-state index is 0.210. The number of ketones is 1. The standard InChI is InChI=1S/C15H17FN2O2/c1-9(7-17-11-3-4-11)8-18-13-6-10(16)2-5-12(13)14(19)15(18)20/h2,5-6,9,11,17H,3-4,7-8H2,1H3. The zero-order chi connectivity index (χ0) is 14.3. The topological polar surface area (TPSA) is 49.4 Å². The maximum Gasteiger partial charge on any atom is 0.299 e. The van der Waals surface area contributed by atoms with E-state index in [4.69, 9.17) is 0 Å². The molecule has 0 aromatic heterocycles. The summed E-state index contributed by atoms with van der Waals surface area (Å²) in [6.45, 7) is 3.25. The van der Waals surface area contributed by atoms with E-state index in [1.807, 2.05) is 6.92 Å². The predicted molar refractivity (Wildman–Crippen MR) is 73.3 cm³/mol. The van der Waals surface area contributed by atoms with Crippen molar-refractivity contribution in [2.24, 2.45) is 5.92 Å². The van der Waals surface area contributed by atoms with Crippen LogP contribution in [0.3, 0.4) is 0 Å². The highest BCUT2D eigenvalue weighted by atomic mass is 19.1. The smallest absolute Gasteiger partial charge is 0.299 e. The third-order valence-electron chi connectivity index (χ3n) is 3.76. The van der Waals surface area contributed by atoms with Gasteiger partial charge in [-0.15, -0.1) is 0 Å². The lowest BCUT2D eigenvalue weighted by atomic mass is 10.1. The molecule has 0 spiro atoms. The van der Waals surface area contributed by atoms with Crippen LogP contribution >= 0.6 is 0 Å². The van der Waals surface area contributed by atoms with Crippen LogP contribution in [0.25, 0.3) is 0 Å². The Morgan fingerprint density at radius 3 is 2.85 bits per heavy atom. The highest BCUT2D eigenvalue weighted by molar-refractivity contribution is 6.52. The minimum atomic E-state index is -0.552. The fraction of sp³-hybridized carbons (Fsp3) is 0.467. The van der Waals surface area contributed by atoms with Crippen LogP contribution in [0.4, 0.5) is 10.1 Å². The Morgan fingerprint density at radius 1 is 1.40 bits per heavy atom. The first-order valence-corrected chi connectivity index (χ1v) is 6.95. The van der Waals surface area contributed by atoms with E-state index < -0.39 is 17.5 Å². The van der Waals surface area contributed by atoms with Gasteiger partial charge in [0, 0.05) is 12.6 Å². The molecule has 0 saturated heterocycles. The van der Waals surface area contributed by atoms with Crippen molar-refractivity contribution in [2.75, 3.05) is 18.0 Å². The lowest BCUT2D eigenvalue weighted by molar-refractivity contribution is -0.114. The molecule has 1 aliphatic heterocycles. The van der Waals surface area contributed by atoms with Gasteiger partial charge in [0.2, 0.25) is 0 Å². The predicted octanol–water partition coefficient (Wildman–Crippen LogP) is 1.74. The van der Waals surface area contributed by atoms with Gasteiger partial charge in [0.05, 0.1) is 11.3 Å². The number of carbonyl (C=O) groups is 2. The largest absolute Gasteiger partial charge is 0.314 e. The molecule has 106 valence electrons. The highest BCUT2D eigenvalue weighted by Gasteiger charge is 2.36. The van der Waals surface area contributed by atoms with E-state index in [1.54, 1.807) is 0 Å². The molecule has 4 nitrogen and oxygen atoms in total. The molecule has 1 fully saturated rings. The Hall–Kier alpha value is -1.75. The van der Waals surface area contributed by atoms with Gasteiger partial charge in [-0.05, 0) is 43.5 Å². The number of fused-ring (bicyclic) bond motifs is 1. The van der Waals surface area contributed by atoms with Crippen LogP contribution in [0.5, 0.6) is 0 Å². The molecule has 1 N–H and O–H groups in total. The molecular formula is C15H17FN2O2. The molecular weight excluding hydrogens is 259 g/mol. The number of nitrogens with one attached hydrogen (secondary N) is 1. The molecule has 0 bridgehead atoms. The molecule has 1 aromatic carbocycles. The van der Waals surface area contributed by atoms with Gasteiger partial charge >= 0.3 is 0 Å². The molecule has 1 amide bonds. The third-order valence-corrected chi connectivity index (χ3v) is 3.76. The number of benzene rings is 1. The monoisotopic (exact) mass is 276 g/mol. The number of anilines is 1. The van der Waals surface area contributed by atoms with E-state index in [0.29, 0.717) is 23.8 Å². The second kappa shape index (κ2) is 4.98. The number of amides is 1. The number of carbonyl (C=O) groups excluding carboxylic acids is 2. The fourth-order valence-electron chi connectivity index (χ4n) is 2.48. The van der Waals surface area contributed by atoms with Gasteiger partial charge in [-0.2, -0.15) is 0 Å². The summed E-state index contributed by atoms with van der Waals surface area (Å²) < 4.78 is 13.3. The molecule has 2 aliphatic rings. The van der Waals surface area contributed by atoms with Gasteiger partial charge < -0.3 is 10.2 Å². The number of hydrogen-bond acceptors (Lipinski definition) is 3.